The molecular weight excluding hydrogens is 238 g/mol. The molecule has 1 aromatic rings. The van der Waals surface area contributed by atoms with E-state index in [1.165, 1.54) is 6.07 Å². The fourth-order valence-electron chi connectivity index (χ4n) is 1.51. The van der Waals surface area contributed by atoms with Crippen molar-refractivity contribution in [2.75, 3.05) is 0 Å². The molecule has 0 spiro atoms. The normalized spacial score (nSPS) is 15.6. The lowest BCUT2D eigenvalue weighted by molar-refractivity contribution is 0.131. The molecule has 0 bridgehead atoms. The molecule has 3 nitrogen and oxygen atoms in total. The topological polar surface area (TPSA) is 66.5 Å². The number of rotatable bonds is 3. The summed E-state index contributed by atoms with van der Waals surface area (Å²) < 4.78 is 0. The Morgan fingerprint density at radius 1 is 1.35 bits per heavy atom. The standard InChI is InChI=1S/C13H20ClNO2/c1-13(2,3)12(15)7-11(17)9-6-8(14)4-5-10(9)16/h4-6,11-12,16-17H,7,15H2,1-3H3/t11-,12-/m0/s1. The molecular formula is C13H20ClNO2. The zero-order valence-electron chi connectivity index (χ0n) is 10.4. The summed E-state index contributed by atoms with van der Waals surface area (Å²) in [6.07, 6.45) is -0.417. The summed E-state index contributed by atoms with van der Waals surface area (Å²) in [7, 11) is 0. The van der Waals surface area contributed by atoms with E-state index in [1.807, 2.05) is 20.8 Å². The van der Waals surface area contributed by atoms with Crippen LogP contribution in [-0.2, 0) is 0 Å². The van der Waals surface area contributed by atoms with Crippen molar-refractivity contribution in [3.8, 4) is 5.75 Å². The predicted molar refractivity (Wildman–Crippen MR) is 70.1 cm³/mol. The number of hydrogen-bond acceptors (Lipinski definition) is 3. The lowest BCUT2D eigenvalue weighted by Gasteiger charge is -2.29. The maximum atomic E-state index is 10.1. The van der Waals surface area contributed by atoms with Crippen molar-refractivity contribution in [2.24, 2.45) is 11.1 Å². The van der Waals surface area contributed by atoms with Crippen LogP contribution < -0.4 is 5.73 Å². The van der Waals surface area contributed by atoms with Crippen molar-refractivity contribution in [1.82, 2.24) is 0 Å². The Bertz CT molecular complexity index is 387. The highest BCUT2D eigenvalue weighted by atomic mass is 35.5. The van der Waals surface area contributed by atoms with Crippen LogP contribution in [0.15, 0.2) is 18.2 Å². The molecule has 0 amide bonds. The Labute approximate surface area is 107 Å². The number of nitrogens with two attached hydrogens (primary N) is 1. The van der Waals surface area contributed by atoms with E-state index in [0.29, 0.717) is 17.0 Å². The first kappa shape index (κ1) is 14.3. The first-order valence-corrected chi connectivity index (χ1v) is 6.01. The third-order valence-electron chi connectivity index (χ3n) is 2.94. The number of benzene rings is 1. The number of aromatic hydroxyl groups is 1. The average molecular weight is 258 g/mol. The van der Waals surface area contributed by atoms with Gasteiger partial charge in [-0.3, -0.25) is 0 Å². The Balaban J connectivity index is 2.83. The van der Waals surface area contributed by atoms with Crippen LogP contribution >= 0.6 is 11.6 Å². The van der Waals surface area contributed by atoms with Gasteiger partial charge in [0.2, 0.25) is 0 Å². The molecule has 1 rings (SSSR count). The Kier molecular flexibility index (Phi) is 4.42. The van der Waals surface area contributed by atoms with Gasteiger partial charge in [-0.05, 0) is 30.0 Å². The summed E-state index contributed by atoms with van der Waals surface area (Å²) >= 11 is 5.83. The van der Waals surface area contributed by atoms with Crippen molar-refractivity contribution < 1.29 is 10.2 Å². The minimum atomic E-state index is -0.803. The Morgan fingerprint density at radius 3 is 2.47 bits per heavy atom. The van der Waals surface area contributed by atoms with Gasteiger partial charge >= 0.3 is 0 Å². The van der Waals surface area contributed by atoms with Gasteiger partial charge in [0.1, 0.15) is 5.75 Å². The molecule has 96 valence electrons. The second kappa shape index (κ2) is 5.25. The van der Waals surface area contributed by atoms with Crippen LogP contribution in [0.1, 0.15) is 38.9 Å². The number of phenols is 1. The van der Waals surface area contributed by atoms with Crippen LogP contribution in [0.25, 0.3) is 0 Å². The van der Waals surface area contributed by atoms with Crippen molar-refractivity contribution in [1.29, 1.82) is 0 Å². The second-order valence-corrected chi connectivity index (χ2v) is 5.86. The number of aliphatic hydroxyl groups excluding tert-OH is 1. The minimum Gasteiger partial charge on any atom is -0.508 e. The molecule has 0 fully saturated rings. The summed E-state index contributed by atoms with van der Waals surface area (Å²) in [5, 5.41) is 20.2. The first-order valence-electron chi connectivity index (χ1n) is 5.64. The van der Waals surface area contributed by atoms with Gasteiger partial charge in [-0.1, -0.05) is 32.4 Å². The van der Waals surface area contributed by atoms with E-state index in [1.54, 1.807) is 12.1 Å². The summed E-state index contributed by atoms with van der Waals surface area (Å²) in [6, 6.07) is 4.47. The molecule has 0 aromatic heterocycles. The van der Waals surface area contributed by atoms with Gasteiger partial charge in [0.05, 0.1) is 6.10 Å². The van der Waals surface area contributed by atoms with E-state index < -0.39 is 6.10 Å². The SMILES string of the molecule is CC(C)(C)[C@@H](N)C[C@H](O)c1cc(Cl)ccc1O. The van der Waals surface area contributed by atoms with Crippen LogP contribution in [0.2, 0.25) is 5.02 Å². The van der Waals surface area contributed by atoms with Crippen molar-refractivity contribution in [2.45, 2.75) is 39.3 Å². The van der Waals surface area contributed by atoms with Crippen LogP contribution in [-0.4, -0.2) is 16.3 Å². The Hall–Kier alpha value is -0.770. The summed E-state index contributed by atoms with van der Waals surface area (Å²) in [5.41, 5.74) is 6.34. The first-order chi connectivity index (χ1) is 7.71. The van der Waals surface area contributed by atoms with Gasteiger partial charge in [-0.2, -0.15) is 0 Å². The monoisotopic (exact) mass is 257 g/mol. The van der Waals surface area contributed by atoms with Crippen LogP contribution in [0.4, 0.5) is 0 Å². The summed E-state index contributed by atoms with van der Waals surface area (Å²) in [5.74, 6) is 0.0445. The molecule has 0 saturated carbocycles. The van der Waals surface area contributed by atoms with Crippen LogP contribution in [0, 0.1) is 5.41 Å². The number of aliphatic hydroxyl groups is 1. The van der Waals surface area contributed by atoms with Crippen molar-refractivity contribution >= 4 is 11.6 Å². The van der Waals surface area contributed by atoms with Crippen molar-refractivity contribution in [3.63, 3.8) is 0 Å². The third kappa shape index (κ3) is 3.87. The zero-order chi connectivity index (χ0) is 13.2. The maximum Gasteiger partial charge on any atom is 0.121 e. The fourth-order valence-corrected chi connectivity index (χ4v) is 1.69. The highest BCUT2D eigenvalue weighted by molar-refractivity contribution is 6.30. The molecule has 4 N–H and O–H groups in total. The molecule has 0 aliphatic carbocycles. The van der Waals surface area contributed by atoms with E-state index >= 15 is 0 Å². The Morgan fingerprint density at radius 2 is 1.94 bits per heavy atom. The summed E-state index contributed by atoms with van der Waals surface area (Å²) in [4.78, 5) is 0. The van der Waals surface area contributed by atoms with E-state index in [-0.39, 0.29) is 17.2 Å². The fraction of sp³-hybridized carbons (Fsp3) is 0.538. The maximum absolute atomic E-state index is 10.1. The van der Waals surface area contributed by atoms with E-state index in [0.717, 1.165) is 0 Å². The number of hydrogen-bond donors (Lipinski definition) is 3. The highest BCUT2D eigenvalue weighted by Crippen LogP contribution is 2.32. The third-order valence-corrected chi connectivity index (χ3v) is 3.17. The molecule has 0 unspecified atom stereocenters. The lowest BCUT2D eigenvalue weighted by Crippen LogP contribution is -2.36. The molecule has 4 heteroatoms. The van der Waals surface area contributed by atoms with Gasteiger partial charge in [0, 0.05) is 16.6 Å². The van der Waals surface area contributed by atoms with Crippen molar-refractivity contribution in [3.05, 3.63) is 28.8 Å². The smallest absolute Gasteiger partial charge is 0.121 e. The van der Waals surface area contributed by atoms with Gasteiger partial charge in [0.25, 0.3) is 0 Å². The van der Waals surface area contributed by atoms with Crippen LogP contribution in [0.3, 0.4) is 0 Å². The molecule has 17 heavy (non-hydrogen) atoms. The van der Waals surface area contributed by atoms with Gasteiger partial charge in [0.15, 0.2) is 0 Å². The number of halogens is 1. The quantitative estimate of drug-likeness (QED) is 0.780. The van der Waals surface area contributed by atoms with Gasteiger partial charge in [-0.15, -0.1) is 0 Å². The van der Waals surface area contributed by atoms with Crippen LogP contribution in [0.5, 0.6) is 5.75 Å². The molecule has 2 atom stereocenters. The molecule has 1 aromatic carbocycles. The molecule has 0 radical (unpaired) electrons. The van der Waals surface area contributed by atoms with Gasteiger partial charge in [-0.25, -0.2) is 0 Å². The minimum absolute atomic E-state index is 0.0445. The average Bonchev–Trinajstić information content (AvgIpc) is 2.20. The van der Waals surface area contributed by atoms with Gasteiger partial charge < -0.3 is 15.9 Å². The second-order valence-electron chi connectivity index (χ2n) is 5.43. The van der Waals surface area contributed by atoms with E-state index in [9.17, 15) is 10.2 Å². The number of phenolic OH excluding ortho intramolecular Hbond substituents is 1. The molecule has 0 aliphatic heterocycles. The van der Waals surface area contributed by atoms with E-state index in [4.69, 9.17) is 17.3 Å². The predicted octanol–water partition coefficient (Wildman–Crippen LogP) is 2.84. The summed E-state index contributed by atoms with van der Waals surface area (Å²) in [6.45, 7) is 6.05. The lowest BCUT2D eigenvalue weighted by atomic mass is 9.83. The molecule has 0 heterocycles. The largest absolute Gasteiger partial charge is 0.508 e. The van der Waals surface area contributed by atoms with E-state index in [2.05, 4.69) is 0 Å². The molecule has 0 aliphatic rings. The zero-order valence-corrected chi connectivity index (χ0v) is 11.2. The molecule has 0 saturated heterocycles. The highest BCUT2D eigenvalue weighted by Gasteiger charge is 2.25.